The van der Waals surface area contributed by atoms with Gasteiger partial charge in [0.1, 0.15) is 11.6 Å². The van der Waals surface area contributed by atoms with E-state index in [4.69, 9.17) is 22.1 Å². The quantitative estimate of drug-likeness (QED) is 0.880. The molecule has 0 aliphatic rings. The molecule has 0 radical (unpaired) electrons. The van der Waals surface area contributed by atoms with Crippen LogP contribution in [-0.4, -0.2) is 13.7 Å². The maximum atomic E-state index is 13.9. The zero-order valence-electron chi connectivity index (χ0n) is 12.0. The first kappa shape index (κ1) is 15.8. The third-order valence-corrected chi connectivity index (χ3v) is 3.94. The summed E-state index contributed by atoms with van der Waals surface area (Å²) < 4.78 is 19.2. The van der Waals surface area contributed by atoms with Gasteiger partial charge in [-0.15, -0.1) is 0 Å². The minimum Gasteiger partial charge on any atom is -0.496 e. The molecule has 0 fully saturated rings. The molecule has 0 amide bonds. The third kappa shape index (κ3) is 3.96. The maximum Gasteiger partial charge on any atom is 0.127 e. The molecular formula is C17H19ClFNO. The van der Waals surface area contributed by atoms with Crippen LogP contribution in [0, 0.1) is 11.7 Å². The van der Waals surface area contributed by atoms with Crippen LogP contribution in [0.25, 0.3) is 0 Å². The van der Waals surface area contributed by atoms with Crippen LogP contribution < -0.4 is 10.5 Å². The SMILES string of the molecule is COc1ccccc1CC(CN)Cc1c(F)cccc1Cl. The lowest BCUT2D eigenvalue weighted by molar-refractivity contribution is 0.403. The topological polar surface area (TPSA) is 35.2 Å². The van der Waals surface area contributed by atoms with Crippen molar-refractivity contribution in [1.29, 1.82) is 0 Å². The van der Waals surface area contributed by atoms with E-state index in [9.17, 15) is 4.39 Å². The second kappa shape index (κ2) is 7.43. The predicted molar refractivity (Wildman–Crippen MR) is 84.4 cm³/mol. The molecule has 1 atom stereocenters. The van der Waals surface area contributed by atoms with E-state index < -0.39 is 0 Å². The molecule has 2 aromatic rings. The number of para-hydroxylation sites is 1. The fraction of sp³-hybridized carbons (Fsp3) is 0.294. The summed E-state index contributed by atoms with van der Waals surface area (Å²) in [7, 11) is 1.64. The Balaban J connectivity index is 2.17. The fourth-order valence-electron chi connectivity index (χ4n) is 2.44. The van der Waals surface area contributed by atoms with Gasteiger partial charge in [-0.2, -0.15) is 0 Å². The summed E-state index contributed by atoms with van der Waals surface area (Å²) in [6.07, 6.45) is 1.24. The zero-order valence-corrected chi connectivity index (χ0v) is 12.7. The van der Waals surface area contributed by atoms with Crippen molar-refractivity contribution in [3.63, 3.8) is 0 Å². The van der Waals surface area contributed by atoms with Crippen LogP contribution >= 0.6 is 11.6 Å². The molecule has 2 aromatic carbocycles. The largest absolute Gasteiger partial charge is 0.496 e. The van der Waals surface area contributed by atoms with E-state index in [0.717, 1.165) is 17.7 Å². The van der Waals surface area contributed by atoms with Crippen molar-refractivity contribution < 1.29 is 9.13 Å². The first-order chi connectivity index (χ1) is 10.2. The van der Waals surface area contributed by atoms with E-state index >= 15 is 0 Å². The average Bonchev–Trinajstić information content (AvgIpc) is 2.50. The smallest absolute Gasteiger partial charge is 0.127 e. The average molecular weight is 308 g/mol. The summed E-state index contributed by atoms with van der Waals surface area (Å²) >= 11 is 6.09. The number of benzene rings is 2. The summed E-state index contributed by atoms with van der Waals surface area (Å²) in [5, 5.41) is 0.452. The monoisotopic (exact) mass is 307 g/mol. The molecule has 0 bridgehead atoms. The van der Waals surface area contributed by atoms with Crippen LogP contribution in [0.5, 0.6) is 5.75 Å². The molecule has 0 aliphatic heterocycles. The van der Waals surface area contributed by atoms with Crippen molar-refractivity contribution in [2.24, 2.45) is 11.7 Å². The van der Waals surface area contributed by atoms with Gasteiger partial charge in [-0.25, -0.2) is 4.39 Å². The summed E-state index contributed by atoms with van der Waals surface area (Å²) in [5.74, 6) is 0.659. The van der Waals surface area contributed by atoms with Gasteiger partial charge in [0.25, 0.3) is 0 Å². The highest BCUT2D eigenvalue weighted by molar-refractivity contribution is 6.31. The van der Waals surface area contributed by atoms with Crippen molar-refractivity contribution in [3.8, 4) is 5.75 Å². The minimum atomic E-state index is -0.277. The zero-order chi connectivity index (χ0) is 15.2. The highest BCUT2D eigenvalue weighted by Crippen LogP contribution is 2.26. The Hall–Kier alpha value is -1.58. The lowest BCUT2D eigenvalue weighted by Crippen LogP contribution is -2.20. The van der Waals surface area contributed by atoms with Crippen molar-refractivity contribution in [3.05, 3.63) is 64.4 Å². The second-order valence-electron chi connectivity index (χ2n) is 5.02. The Morgan fingerprint density at radius 3 is 2.57 bits per heavy atom. The van der Waals surface area contributed by atoms with Crippen LogP contribution in [0.3, 0.4) is 0 Å². The van der Waals surface area contributed by atoms with E-state index in [-0.39, 0.29) is 11.7 Å². The standard InChI is InChI=1S/C17H19ClFNO/c1-21-17-8-3-2-5-13(17)9-12(11-20)10-14-15(18)6-4-7-16(14)19/h2-8,12H,9-11,20H2,1H3. The van der Waals surface area contributed by atoms with Gasteiger partial charge >= 0.3 is 0 Å². The summed E-state index contributed by atoms with van der Waals surface area (Å²) in [6, 6.07) is 12.5. The van der Waals surface area contributed by atoms with E-state index in [2.05, 4.69) is 0 Å². The number of rotatable bonds is 6. The van der Waals surface area contributed by atoms with Gasteiger partial charge in [-0.3, -0.25) is 0 Å². The van der Waals surface area contributed by atoms with Crippen LogP contribution in [-0.2, 0) is 12.8 Å². The lowest BCUT2D eigenvalue weighted by atomic mass is 9.92. The molecule has 0 spiro atoms. The molecule has 2 rings (SSSR count). The molecule has 0 saturated heterocycles. The van der Waals surface area contributed by atoms with Crippen LogP contribution in [0.2, 0.25) is 5.02 Å². The first-order valence-corrected chi connectivity index (χ1v) is 7.28. The molecule has 2 nitrogen and oxygen atoms in total. The number of halogens is 2. The van der Waals surface area contributed by atoms with E-state index in [1.807, 2.05) is 24.3 Å². The van der Waals surface area contributed by atoms with Crippen molar-refractivity contribution in [2.45, 2.75) is 12.8 Å². The second-order valence-corrected chi connectivity index (χ2v) is 5.43. The van der Waals surface area contributed by atoms with Crippen LogP contribution in [0.4, 0.5) is 4.39 Å². The summed E-state index contributed by atoms with van der Waals surface area (Å²) in [5.41, 5.74) is 7.46. The highest BCUT2D eigenvalue weighted by atomic mass is 35.5. The van der Waals surface area contributed by atoms with E-state index in [1.54, 1.807) is 19.2 Å². The molecule has 112 valence electrons. The molecule has 21 heavy (non-hydrogen) atoms. The number of methoxy groups -OCH3 is 1. The predicted octanol–water partition coefficient (Wildman–Crippen LogP) is 3.85. The Kier molecular flexibility index (Phi) is 5.59. The fourth-order valence-corrected chi connectivity index (χ4v) is 2.68. The molecule has 2 N–H and O–H groups in total. The van der Waals surface area contributed by atoms with Crippen molar-refractivity contribution >= 4 is 11.6 Å². The number of ether oxygens (including phenoxy) is 1. The number of nitrogens with two attached hydrogens (primary N) is 1. The normalized spacial score (nSPS) is 12.2. The molecule has 4 heteroatoms. The maximum absolute atomic E-state index is 13.9. The van der Waals surface area contributed by atoms with Gasteiger partial charge in [0.15, 0.2) is 0 Å². The van der Waals surface area contributed by atoms with Gasteiger partial charge in [0.2, 0.25) is 0 Å². The Morgan fingerprint density at radius 1 is 1.14 bits per heavy atom. The Labute approximate surface area is 129 Å². The Bertz CT molecular complexity index is 583. The lowest BCUT2D eigenvalue weighted by Gasteiger charge is -2.18. The van der Waals surface area contributed by atoms with Crippen molar-refractivity contribution in [1.82, 2.24) is 0 Å². The number of hydrogen-bond donors (Lipinski definition) is 1. The third-order valence-electron chi connectivity index (χ3n) is 3.59. The summed E-state index contributed by atoms with van der Waals surface area (Å²) in [4.78, 5) is 0. The van der Waals surface area contributed by atoms with Gasteiger partial charge < -0.3 is 10.5 Å². The minimum absolute atomic E-state index is 0.107. The van der Waals surface area contributed by atoms with Gasteiger partial charge in [0.05, 0.1) is 7.11 Å². The van der Waals surface area contributed by atoms with Crippen molar-refractivity contribution in [2.75, 3.05) is 13.7 Å². The molecule has 1 unspecified atom stereocenters. The highest BCUT2D eigenvalue weighted by Gasteiger charge is 2.16. The van der Waals surface area contributed by atoms with Gasteiger partial charge in [0, 0.05) is 10.6 Å². The first-order valence-electron chi connectivity index (χ1n) is 6.90. The Morgan fingerprint density at radius 2 is 1.90 bits per heavy atom. The van der Waals surface area contributed by atoms with Gasteiger partial charge in [-0.1, -0.05) is 35.9 Å². The molecule has 0 heterocycles. The van der Waals surface area contributed by atoms with Crippen LogP contribution in [0.15, 0.2) is 42.5 Å². The molecule has 0 saturated carbocycles. The van der Waals surface area contributed by atoms with E-state index in [1.165, 1.54) is 6.07 Å². The molecule has 0 aromatic heterocycles. The summed E-state index contributed by atoms with van der Waals surface area (Å²) in [6.45, 7) is 0.461. The van der Waals surface area contributed by atoms with E-state index in [0.29, 0.717) is 23.6 Å². The van der Waals surface area contributed by atoms with Gasteiger partial charge in [-0.05, 0) is 49.1 Å². The number of hydrogen-bond acceptors (Lipinski definition) is 2. The molecular weight excluding hydrogens is 289 g/mol. The molecule has 0 aliphatic carbocycles. The van der Waals surface area contributed by atoms with Crippen LogP contribution in [0.1, 0.15) is 11.1 Å².